The number of rotatable bonds is 3. The third-order valence-electron chi connectivity index (χ3n) is 2.53. The second kappa shape index (κ2) is 6.08. The fraction of sp³-hybridized carbons (Fsp3) is 0.0714. The number of hydrogen-bond donors (Lipinski definition) is 2. The SMILES string of the molecule is O=C(Cc1ccc(O)cc1)Nc1cccc(Cl)c1Br. The van der Waals surface area contributed by atoms with Gasteiger partial charge in [0.25, 0.3) is 0 Å². The number of carbonyl (C=O) groups excluding carboxylic acids is 1. The highest BCUT2D eigenvalue weighted by Crippen LogP contribution is 2.30. The number of phenolic OH excluding ortho intramolecular Hbond substituents is 1. The summed E-state index contributed by atoms with van der Waals surface area (Å²) < 4.78 is 0.663. The van der Waals surface area contributed by atoms with Crippen molar-refractivity contribution >= 4 is 39.1 Å². The molecule has 0 aromatic heterocycles. The average Bonchev–Trinajstić information content (AvgIpc) is 2.38. The lowest BCUT2D eigenvalue weighted by molar-refractivity contribution is -0.115. The molecule has 0 unspecified atom stereocenters. The molecule has 0 aliphatic rings. The van der Waals surface area contributed by atoms with Crippen molar-refractivity contribution in [3.63, 3.8) is 0 Å². The van der Waals surface area contributed by atoms with Crippen LogP contribution in [0.2, 0.25) is 5.02 Å². The molecule has 0 fully saturated rings. The van der Waals surface area contributed by atoms with E-state index >= 15 is 0 Å². The smallest absolute Gasteiger partial charge is 0.228 e. The van der Waals surface area contributed by atoms with E-state index in [0.29, 0.717) is 15.2 Å². The molecule has 5 heteroatoms. The first-order valence-electron chi connectivity index (χ1n) is 5.58. The minimum Gasteiger partial charge on any atom is -0.508 e. The summed E-state index contributed by atoms with van der Waals surface area (Å²) in [5.74, 6) is 0.0374. The van der Waals surface area contributed by atoms with Gasteiger partial charge >= 0.3 is 0 Å². The van der Waals surface area contributed by atoms with Gasteiger partial charge in [0.1, 0.15) is 5.75 Å². The van der Waals surface area contributed by atoms with E-state index in [2.05, 4.69) is 21.2 Å². The molecule has 2 N–H and O–H groups in total. The van der Waals surface area contributed by atoms with Gasteiger partial charge in [-0.05, 0) is 45.8 Å². The van der Waals surface area contributed by atoms with Crippen molar-refractivity contribution in [2.75, 3.05) is 5.32 Å². The van der Waals surface area contributed by atoms with Gasteiger partial charge in [-0.25, -0.2) is 0 Å². The van der Waals surface area contributed by atoms with Crippen molar-refractivity contribution < 1.29 is 9.90 Å². The third kappa shape index (κ3) is 3.72. The number of carbonyl (C=O) groups is 1. The minimum absolute atomic E-state index is 0.145. The van der Waals surface area contributed by atoms with Gasteiger partial charge in [-0.2, -0.15) is 0 Å². The van der Waals surface area contributed by atoms with Crippen LogP contribution in [0.4, 0.5) is 5.69 Å². The molecule has 2 aromatic carbocycles. The quantitative estimate of drug-likeness (QED) is 0.887. The highest BCUT2D eigenvalue weighted by molar-refractivity contribution is 9.10. The van der Waals surface area contributed by atoms with E-state index in [1.165, 1.54) is 0 Å². The first kappa shape index (κ1) is 13.9. The molecule has 0 aliphatic heterocycles. The number of amides is 1. The maximum absolute atomic E-state index is 11.9. The van der Waals surface area contributed by atoms with E-state index in [-0.39, 0.29) is 18.1 Å². The van der Waals surface area contributed by atoms with Gasteiger partial charge in [0.2, 0.25) is 5.91 Å². The van der Waals surface area contributed by atoms with Crippen LogP contribution in [0.25, 0.3) is 0 Å². The molecule has 3 nitrogen and oxygen atoms in total. The molecule has 0 spiro atoms. The van der Waals surface area contributed by atoms with Gasteiger partial charge in [-0.3, -0.25) is 4.79 Å². The summed E-state index contributed by atoms with van der Waals surface area (Å²) in [4.78, 5) is 11.9. The summed E-state index contributed by atoms with van der Waals surface area (Å²) in [5.41, 5.74) is 1.46. The Kier molecular flexibility index (Phi) is 4.45. The van der Waals surface area contributed by atoms with Crippen molar-refractivity contribution in [1.82, 2.24) is 0 Å². The summed E-state index contributed by atoms with van der Waals surface area (Å²) in [6.45, 7) is 0. The number of hydrogen-bond acceptors (Lipinski definition) is 2. The Bertz CT molecular complexity index is 599. The largest absolute Gasteiger partial charge is 0.508 e. The van der Waals surface area contributed by atoms with E-state index < -0.39 is 0 Å². The van der Waals surface area contributed by atoms with E-state index in [1.54, 1.807) is 42.5 Å². The second-order valence-corrected chi connectivity index (χ2v) is 5.19. The van der Waals surface area contributed by atoms with Gasteiger partial charge in [0.15, 0.2) is 0 Å². The summed E-state index contributed by atoms with van der Waals surface area (Å²) in [6.07, 6.45) is 0.235. The molecular formula is C14H11BrClNO2. The van der Waals surface area contributed by atoms with Gasteiger partial charge in [0, 0.05) is 0 Å². The Morgan fingerprint density at radius 2 is 1.89 bits per heavy atom. The molecule has 0 radical (unpaired) electrons. The molecule has 0 atom stereocenters. The zero-order valence-electron chi connectivity index (χ0n) is 9.86. The van der Waals surface area contributed by atoms with Gasteiger partial charge in [-0.1, -0.05) is 29.8 Å². The molecule has 0 saturated carbocycles. The summed E-state index contributed by atoms with van der Waals surface area (Å²) in [5, 5.41) is 12.5. The van der Waals surface area contributed by atoms with Gasteiger partial charge in [-0.15, -0.1) is 0 Å². The van der Waals surface area contributed by atoms with Gasteiger partial charge < -0.3 is 10.4 Å². The predicted molar refractivity (Wildman–Crippen MR) is 79.6 cm³/mol. The molecule has 1 amide bonds. The van der Waals surface area contributed by atoms with Crippen molar-refractivity contribution in [1.29, 1.82) is 0 Å². The molecule has 98 valence electrons. The first-order chi connectivity index (χ1) is 9.06. The minimum atomic E-state index is -0.145. The van der Waals surface area contributed by atoms with E-state index in [0.717, 1.165) is 5.56 Å². The van der Waals surface area contributed by atoms with Crippen molar-refractivity contribution in [3.8, 4) is 5.75 Å². The van der Waals surface area contributed by atoms with Crippen molar-refractivity contribution in [3.05, 3.63) is 57.5 Å². The lowest BCUT2D eigenvalue weighted by Crippen LogP contribution is -2.14. The Morgan fingerprint density at radius 3 is 2.58 bits per heavy atom. The van der Waals surface area contributed by atoms with Crippen LogP contribution in [0.3, 0.4) is 0 Å². The monoisotopic (exact) mass is 339 g/mol. The Hall–Kier alpha value is -1.52. The second-order valence-electron chi connectivity index (χ2n) is 3.99. The van der Waals surface area contributed by atoms with Crippen LogP contribution in [-0.4, -0.2) is 11.0 Å². The molecule has 2 aromatic rings. The van der Waals surface area contributed by atoms with Crippen LogP contribution >= 0.6 is 27.5 Å². The summed E-state index contributed by atoms with van der Waals surface area (Å²) in [6, 6.07) is 11.8. The molecular weight excluding hydrogens is 330 g/mol. The molecule has 19 heavy (non-hydrogen) atoms. The van der Waals surface area contributed by atoms with Crippen LogP contribution in [0, 0.1) is 0 Å². The molecule has 0 heterocycles. The summed E-state index contributed by atoms with van der Waals surface area (Å²) >= 11 is 9.27. The van der Waals surface area contributed by atoms with Crippen LogP contribution in [0.1, 0.15) is 5.56 Å². The Morgan fingerprint density at radius 1 is 1.21 bits per heavy atom. The number of aromatic hydroxyl groups is 1. The van der Waals surface area contributed by atoms with E-state index in [4.69, 9.17) is 11.6 Å². The van der Waals surface area contributed by atoms with Crippen LogP contribution < -0.4 is 5.32 Å². The van der Waals surface area contributed by atoms with Crippen LogP contribution in [-0.2, 0) is 11.2 Å². The Labute approximate surface area is 124 Å². The number of phenols is 1. The number of benzene rings is 2. The zero-order chi connectivity index (χ0) is 13.8. The van der Waals surface area contributed by atoms with Crippen molar-refractivity contribution in [2.24, 2.45) is 0 Å². The standard InChI is InChI=1S/C14H11BrClNO2/c15-14-11(16)2-1-3-12(14)17-13(19)8-9-4-6-10(18)7-5-9/h1-7,18H,8H2,(H,17,19). The maximum atomic E-state index is 11.9. The zero-order valence-corrected chi connectivity index (χ0v) is 12.2. The average molecular weight is 341 g/mol. The predicted octanol–water partition coefficient (Wildman–Crippen LogP) is 3.99. The van der Waals surface area contributed by atoms with E-state index in [9.17, 15) is 9.90 Å². The number of anilines is 1. The molecule has 0 aliphatic carbocycles. The highest BCUT2D eigenvalue weighted by Gasteiger charge is 2.08. The van der Waals surface area contributed by atoms with Gasteiger partial charge in [0.05, 0.1) is 21.6 Å². The van der Waals surface area contributed by atoms with E-state index in [1.807, 2.05) is 0 Å². The number of nitrogens with one attached hydrogen (secondary N) is 1. The lowest BCUT2D eigenvalue weighted by Gasteiger charge is -2.08. The molecule has 2 rings (SSSR count). The fourth-order valence-electron chi connectivity index (χ4n) is 1.59. The topological polar surface area (TPSA) is 49.3 Å². The maximum Gasteiger partial charge on any atom is 0.228 e. The lowest BCUT2D eigenvalue weighted by atomic mass is 10.1. The Balaban J connectivity index is 2.05. The van der Waals surface area contributed by atoms with Crippen LogP contribution in [0.15, 0.2) is 46.9 Å². The molecule has 0 bridgehead atoms. The third-order valence-corrected chi connectivity index (χ3v) is 3.92. The molecule has 0 saturated heterocycles. The first-order valence-corrected chi connectivity index (χ1v) is 6.75. The fourth-order valence-corrected chi connectivity index (χ4v) is 2.13. The normalized spacial score (nSPS) is 10.2. The highest BCUT2D eigenvalue weighted by atomic mass is 79.9. The van der Waals surface area contributed by atoms with Crippen molar-refractivity contribution in [2.45, 2.75) is 6.42 Å². The number of halogens is 2. The summed E-state index contributed by atoms with van der Waals surface area (Å²) in [7, 11) is 0. The van der Waals surface area contributed by atoms with Crippen LogP contribution in [0.5, 0.6) is 5.75 Å².